The van der Waals surface area contributed by atoms with Gasteiger partial charge in [0.15, 0.2) is 0 Å². The van der Waals surface area contributed by atoms with E-state index in [1.165, 1.54) is 4.68 Å². The summed E-state index contributed by atoms with van der Waals surface area (Å²) in [6, 6.07) is 0. The summed E-state index contributed by atoms with van der Waals surface area (Å²) in [6.45, 7) is 0. The number of hydrogen-bond donors (Lipinski definition) is 3. The fourth-order valence-electron chi connectivity index (χ4n) is 1.08. The minimum atomic E-state index is 0. The molecule has 0 atom stereocenters. The van der Waals surface area contributed by atoms with Gasteiger partial charge in [0, 0.05) is 11.8 Å². The molecule has 0 aromatic carbocycles. The van der Waals surface area contributed by atoms with Gasteiger partial charge in [-0.2, -0.15) is 12.0 Å². The number of fused-ring (bicyclic) bond motifs is 1. The topological polar surface area (TPSA) is 108 Å². The van der Waals surface area contributed by atoms with Crippen molar-refractivity contribution >= 4 is 22.8 Å². The Labute approximate surface area is 112 Å². The zero-order valence-corrected chi connectivity index (χ0v) is 11.1. The summed E-state index contributed by atoms with van der Waals surface area (Å²) in [5, 5.41) is 4.58. The van der Waals surface area contributed by atoms with Crippen molar-refractivity contribution in [2.45, 2.75) is 0 Å². The standard InChI is InChI=1S/C6H8N7.CH3.Y/c1-13-5-3(2-9-13)4(12-8)10-6(7)11-5;;/h2H,1,8H2,(H3,7,10,11,12);1H3;/q2*-1;+3. The molecule has 0 aliphatic rings. The van der Waals surface area contributed by atoms with Gasteiger partial charge in [0.2, 0.25) is 5.95 Å². The Morgan fingerprint density at radius 3 is 2.67 bits per heavy atom. The van der Waals surface area contributed by atoms with E-state index in [0.717, 1.165) is 0 Å². The molecular formula is C7H11N7Y+. The number of rotatable bonds is 1. The molecule has 0 amide bonds. The fraction of sp³-hybridized carbons (Fsp3) is 0. The molecule has 0 spiro atoms. The molecule has 76 valence electrons. The zero-order chi connectivity index (χ0) is 9.42. The summed E-state index contributed by atoms with van der Waals surface area (Å²) < 4.78 is 1.36. The summed E-state index contributed by atoms with van der Waals surface area (Å²) in [7, 11) is 3.62. The van der Waals surface area contributed by atoms with Crippen LogP contribution in [0.1, 0.15) is 0 Å². The predicted octanol–water partition coefficient (Wildman–Crippen LogP) is -0.218. The maximum Gasteiger partial charge on any atom is 3.00 e. The van der Waals surface area contributed by atoms with Crippen LogP contribution in [0.3, 0.4) is 0 Å². The van der Waals surface area contributed by atoms with Gasteiger partial charge in [-0.25, -0.2) is 10.9 Å². The van der Waals surface area contributed by atoms with Crippen LogP contribution in [0, 0.1) is 14.5 Å². The Morgan fingerprint density at radius 1 is 1.40 bits per heavy atom. The first-order chi connectivity index (χ1) is 6.22. The summed E-state index contributed by atoms with van der Waals surface area (Å²) >= 11 is 0. The third-order valence-electron chi connectivity index (χ3n) is 1.65. The van der Waals surface area contributed by atoms with Crippen LogP contribution in [0.25, 0.3) is 11.0 Å². The quantitative estimate of drug-likeness (QED) is 0.379. The van der Waals surface area contributed by atoms with Crippen molar-refractivity contribution in [3.63, 3.8) is 0 Å². The van der Waals surface area contributed by atoms with E-state index in [9.17, 15) is 0 Å². The van der Waals surface area contributed by atoms with Crippen LogP contribution in [0.4, 0.5) is 11.8 Å². The van der Waals surface area contributed by atoms with E-state index in [0.29, 0.717) is 16.9 Å². The second kappa shape index (κ2) is 5.25. The molecule has 0 saturated carbocycles. The molecule has 0 aliphatic carbocycles. The first kappa shape index (κ1) is 14.1. The van der Waals surface area contributed by atoms with Crippen molar-refractivity contribution in [2.24, 2.45) is 5.84 Å². The predicted molar refractivity (Wildman–Crippen MR) is 54.7 cm³/mol. The van der Waals surface area contributed by atoms with Crippen molar-refractivity contribution < 1.29 is 32.7 Å². The van der Waals surface area contributed by atoms with Gasteiger partial charge >= 0.3 is 32.7 Å². The third-order valence-corrected chi connectivity index (χ3v) is 1.65. The largest absolute Gasteiger partial charge is 3.00 e. The number of nitrogens with zero attached hydrogens (tertiary/aromatic N) is 4. The molecule has 2 aromatic rings. The summed E-state index contributed by atoms with van der Waals surface area (Å²) in [5.41, 5.74) is 8.40. The molecule has 0 radical (unpaired) electrons. The van der Waals surface area contributed by atoms with Gasteiger partial charge in [0.25, 0.3) is 0 Å². The van der Waals surface area contributed by atoms with Crippen molar-refractivity contribution in [2.75, 3.05) is 11.2 Å². The third kappa shape index (κ3) is 2.36. The van der Waals surface area contributed by atoms with Gasteiger partial charge in [0.1, 0.15) is 5.82 Å². The molecule has 0 unspecified atom stereocenters. The van der Waals surface area contributed by atoms with Crippen molar-refractivity contribution in [1.82, 2.24) is 19.7 Å². The van der Waals surface area contributed by atoms with E-state index < -0.39 is 0 Å². The molecule has 2 aromatic heterocycles. The van der Waals surface area contributed by atoms with Gasteiger partial charge in [-0.3, -0.25) is 4.98 Å². The van der Waals surface area contributed by atoms with E-state index in [1.54, 1.807) is 6.20 Å². The first-order valence-electron chi connectivity index (χ1n) is 3.51. The molecule has 0 saturated heterocycles. The molecule has 2 rings (SSSR count). The summed E-state index contributed by atoms with van der Waals surface area (Å²) in [6.07, 6.45) is 1.57. The molecule has 5 N–H and O–H groups in total. The van der Waals surface area contributed by atoms with Crippen LogP contribution < -0.4 is 17.0 Å². The Bertz CT molecular complexity index is 452. The average molecular weight is 282 g/mol. The SMILES string of the molecule is [CH2-]n1ncc2c(NN)nc(N)nc21.[CH3-].[Y+3]. The number of anilines is 2. The maximum absolute atomic E-state index is 5.44. The Hall–Kier alpha value is -0.916. The van der Waals surface area contributed by atoms with E-state index in [4.69, 9.17) is 11.6 Å². The molecule has 8 heteroatoms. The normalized spacial score (nSPS) is 9.13. The second-order valence-corrected chi connectivity index (χ2v) is 2.46. The number of nitrogen functional groups attached to an aromatic ring is 2. The first-order valence-corrected chi connectivity index (χ1v) is 3.51. The number of aromatic nitrogens is 4. The molecule has 0 aliphatic heterocycles. The van der Waals surface area contributed by atoms with Crippen LogP contribution in [-0.2, 0) is 32.7 Å². The minimum absolute atomic E-state index is 0. The summed E-state index contributed by atoms with van der Waals surface area (Å²) in [5.74, 6) is 5.81. The van der Waals surface area contributed by atoms with Crippen molar-refractivity contribution in [1.29, 1.82) is 0 Å². The molecule has 15 heavy (non-hydrogen) atoms. The number of nitrogens with one attached hydrogen (secondary N) is 1. The number of nitrogens with two attached hydrogens (primary N) is 2. The van der Waals surface area contributed by atoms with E-state index in [-0.39, 0.29) is 46.1 Å². The van der Waals surface area contributed by atoms with Crippen LogP contribution in [0.15, 0.2) is 6.20 Å². The van der Waals surface area contributed by atoms with Crippen molar-refractivity contribution in [3.05, 3.63) is 20.7 Å². The van der Waals surface area contributed by atoms with E-state index >= 15 is 0 Å². The number of hydrogen-bond acceptors (Lipinski definition) is 6. The molecule has 7 nitrogen and oxygen atoms in total. The molecule has 2 heterocycles. The molecular weight excluding hydrogens is 271 g/mol. The fourth-order valence-corrected chi connectivity index (χ4v) is 1.08. The smallest absolute Gasteiger partial charge is 0.385 e. The molecule has 0 fully saturated rings. The van der Waals surface area contributed by atoms with Crippen molar-refractivity contribution in [3.8, 4) is 0 Å². The monoisotopic (exact) mass is 282 g/mol. The second-order valence-electron chi connectivity index (χ2n) is 2.46. The minimum Gasteiger partial charge on any atom is -0.385 e. The summed E-state index contributed by atoms with van der Waals surface area (Å²) in [4.78, 5) is 7.84. The van der Waals surface area contributed by atoms with Gasteiger partial charge < -0.3 is 23.3 Å². The van der Waals surface area contributed by atoms with E-state index in [2.05, 4.69) is 27.5 Å². The Morgan fingerprint density at radius 2 is 2.07 bits per heavy atom. The average Bonchev–Trinajstić information content (AvgIpc) is 2.47. The Kier molecular flexibility index (Phi) is 4.93. The number of hydrazine groups is 1. The maximum atomic E-state index is 5.44. The van der Waals surface area contributed by atoms with Gasteiger partial charge in [-0.1, -0.05) is 0 Å². The van der Waals surface area contributed by atoms with Crippen LogP contribution in [0.2, 0.25) is 0 Å². The van der Waals surface area contributed by atoms with Gasteiger partial charge in [-0.15, -0.1) is 0 Å². The Balaban J connectivity index is 0.000000980. The van der Waals surface area contributed by atoms with Crippen LogP contribution in [-0.4, -0.2) is 19.7 Å². The van der Waals surface area contributed by atoms with Gasteiger partial charge in [0.05, 0.1) is 0 Å². The van der Waals surface area contributed by atoms with Crippen LogP contribution in [0.5, 0.6) is 0 Å². The molecule has 0 bridgehead atoms. The van der Waals surface area contributed by atoms with Gasteiger partial charge in [-0.05, 0) is 5.39 Å². The van der Waals surface area contributed by atoms with Crippen LogP contribution >= 0.6 is 0 Å². The van der Waals surface area contributed by atoms with E-state index in [1.807, 2.05) is 0 Å². The zero-order valence-electron chi connectivity index (χ0n) is 8.31.